The van der Waals surface area contributed by atoms with E-state index in [1.165, 1.54) is 0 Å². The molecule has 0 atom stereocenters. The van der Waals surface area contributed by atoms with Crippen molar-refractivity contribution in [1.82, 2.24) is 15.2 Å². The third-order valence-electron chi connectivity index (χ3n) is 4.84. The number of piperidine rings is 1. The summed E-state index contributed by atoms with van der Waals surface area (Å²) in [5, 5.41) is 5.39. The van der Waals surface area contributed by atoms with Gasteiger partial charge in [0.2, 0.25) is 5.89 Å². The van der Waals surface area contributed by atoms with Crippen LogP contribution in [0.2, 0.25) is 0 Å². The van der Waals surface area contributed by atoms with Crippen LogP contribution in [-0.4, -0.2) is 42.0 Å². The Labute approximate surface area is 164 Å². The van der Waals surface area contributed by atoms with E-state index in [4.69, 9.17) is 9.15 Å². The molecule has 0 unspecified atom stereocenters. The first-order valence-electron chi connectivity index (χ1n) is 9.40. The second-order valence-corrected chi connectivity index (χ2v) is 7.03. The Morgan fingerprint density at radius 3 is 2.79 bits per heavy atom. The average molecular weight is 386 g/mol. The Morgan fingerprint density at radius 2 is 2.07 bits per heavy atom. The molecule has 150 valence electrons. The topological polar surface area (TPSA) is 96.7 Å². The normalized spacial score (nSPS) is 14.6. The van der Waals surface area contributed by atoms with Gasteiger partial charge < -0.3 is 24.7 Å². The first-order chi connectivity index (χ1) is 13.5. The van der Waals surface area contributed by atoms with Gasteiger partial charge in [-0.3, -0.25) is 4.79 Å². The molecule has 0 radical (unpaired) electrons. The molecule has 8 nitrogen and oxygen atoms in total. The van der Waals surface area contributed by atoms with Crippen LogP contribution in [0.15, 0.2) is 28.7 Å². The number of oxazole rings is 1. The van der Waals surface area contributed by atoms with Gasteiger partial charge in [0, 0.05) is 24.8 Å². The van der Waals surface area contributed by atoms with Gasteiger partial charge in [-0.25, -0.2) is 9.78 Å². The number of ether oxygens (including phenoxy) is 1. The van der Waals surface area contributed by atoms with Crippen molar-refractivity contribution < 1.29 is 18.7 Å². The van der Waals surface area contributed by atoms with Gasteiger partial charge in [0.1, 0.15) is 11.5 Å². The number of aromatic nitrogens is 1. The fraction of sp³-hybridized carbons (Fsp3) is 0.450. The van der Waals surface area contributed by atoms with Gasteiger partial charge in [-0.15, -0.1) is 0 Å². The van der Waals surface area contributed by atoms with Crippen molar-refractivity contribution >= 4 is 17.6 Å². The number of nitrogens with zero attached hydrogens (tertiary/aromatic N) is 2. The number of rotatable bonds is 5. The van der Waals surface area contributed by atoms with Crippen LogP contribution in [-0.2, 0) is 6.54 Å². The lowest BCUT2D eigenvalue weighted by Gasteiger charge is -2.29. The maximum absolute atomic E-state index is 12.7. The molecule has 0 aliphatic carbocycles. The molecule has 2 N–H and O–H groups in total. The lowest BCUT2D eigenvalue weighted by atomic mass is 9.99. The molecule has 3 amide bonds. The van der Waals surface area contributed by atoms with Crippen molar-refractivity contribution in [2.75, 3.05) is 25.5 Å². The number of benzene rings is 1. The highest BCUT2D eigenvalue weighted by atomic mass is 16.5. The number of aryl methyl sites for hydroxylation is 1. The maximum Gasteiger partial charge on any atom is 0.319 e. The number of carbonyl (C=O) groups is 2. The first-order valence-corrected chi connectivity index (χ1v) is 9.40. The van der Waals surface area contributed by atoms with Gasteiger partial charge in [0.05, 0.1) is 13.7 Å². The smallest absolute Gasteiger partial charge is 0.319 e. The Kier molecular flexibility index (Phi) is 6.18. The lowest BCUT2D eigenvalue weighted by Crippen LogP contribution is -2.38. The molecule has 8 heteroatoms. The van der Waals surface area contributed by atoms with E-state index in [0.717, 1.165) is 25.9 Å². The van der Waals surface area contributed by atoms with Crippen molar-refractivity contribution in [2.24, 2.45) is 5.92 Å². The lowest BCUT2D eigenvalue weighted by molar-refractivity contribution is 0.0690. The number of anilines is 1. The second kappa shape index (κ2) is 8.77. The van der Waals surface area contributed by atoms with Crippen molar-refractivity contribution in [2.45, 2.75) is 33.2 Å². The Morgan fingerprint density at radius 1 is 1.32 bits per heavy atom. The van der Waals surface area contributed by atoms with Crippen molar-refractivity contribution in [3.8, 4) is 5.75 Å². The van der Waals surface area contributed by atoms with Gasteiger partial charge in [-0.2, -0.15) is 0 Å². The molecule has 0 spiro atoms. The summed E-state index contributed by atoms with van der Waals surface area (Å²) in [7, 11) is 1.56. The average Bonchev–Trinajstić information content (AvgIpc) is 3.07. The summed E-state index contributed by atoms with van der Waals surface area (Å²) in [6.45, 7) is 5.47. The quantitative estimate of drug-likeness (QED) is 0.823. The molecule has 1 aromatic carbocycles. The fourth-order valence-electron chi connectivity index (χ4n) is 3.12. The minimum Gasteiger partial charge on any atom is -0.497 e. The zero-order valence-electron chi connectivity index (χ0n) is 16.4. The number of amides is 3. The molecule has 1 fully saturated rings. The first kappa shape index (κ1) is 19.7. The summed E-state index contributed by atoms with van der Waals surface area (Å²) >= 11 is 0. The number of methoxy groups -OCH3 is 1. The monoisotopic (exact) mass is 386 g/mol. The summed E-state index contributed by atoms with van der Waals surface area (Å²) in [5.41, 5.74) is 0.926. The molecule has 2 aromatic rings. The van der Waals surface area contributed by atoms with Crippen molar-refractivity contribution in [3.63, 3.8) is 0 Å². The molecular formula is C20H26N4O4. The van der Waals surface area contributed by atoms with Gasteiger partial charge in [-0.1, -0.05) is 13.0 Å². The Hall–Kier alpha value is -3.03. The number of hydrogen-bond donors (Lipinski definition) is 2. The third-order valence-corrected chi connectivity index (χ3v) is 4.84. The van der Waals surface area contributed by atoms with Gasteiger partial charge in [0.25, 0.3) is 5.91 Å². The highest BCUT2D eigenvalue weighted by Gasteiger charge is 2.26. The summed E-state index contributed by atoms with van der Waals surface area (Å²) < 4.78 is 10.7. The van der Waals surface area contributed by atoms with E-state index in [-0.39, 0.29) is 12.5 Å². The van der Waals surface area contributed by atoms with Crippen molar-refractivity contribution in [3.05, 3.63) is 41.6 Å². The molecule has 1 aliphatic rings. The molecule has 2 heterocycles. The summed E-state index contributed by atoms with van der Waals surface area (Å²) in [4.78, 5) is 30.9. The molecule has 3 rings (SSSR count). The number of nitrogens with one attached hydrogen (secondary N) is 2. The SMILES string of the molecule is COc1cccc(NC(=O)NCc2nc(C(=O)N3CCC(C)CC3)c(C)o2)c1. The molecule has 1 saturated heterocycles. The third kappa shape index (κ3) is 4.82. The van der Waals surface area contributed by atoms with Crippen molar-refractivity contribution in [1.29, 1.82) is 0 Å². The van der Waals surface area contributed by atoms with Crippen LogP contribution in [0.3, 0.4) is 0 Å². The Bertz CT molecular complexity index is 840. The maximum atomic E-state index is 12.7. The highest BCUT2D eigenvalue weighted by molar-refractivity contribution is 5.93. The molecule has 1 aromatic heterocycles. The molecule has 0 bridgehead atoms. The predicted molar refractivity (Wildman–Crippen MR) is 104 cm³/mol. The van der Waals surface area contributed by atoms with E-state index in [2.05, 4.69) is 22.5 Å². The zero-order chi connectivity index (χ0) is 20.1. The number of likely N-dealkylation sites (tertiary alicyclic amines) is 1. The van der Waals surface area contributed by atoms with E-state index in [1.54, 1.807) is 38.3 Å². The fourth-order valence-corrected chi connectivity index (χ4v) is 3.12. The van der Waals surface area contributed by atoms with Crippen LogP contribution < -0.4 is 15.4 Å². The van der Waals surface area contributed by atoms with E-state index in [1.807, 2.05) is 4.90 Å². The van der Waals surface area contributed by atoms with Crippen LogP contribution in [0.25, 0.3) is 0 Å². The number of carbonyl (C=O) groups excluding carboxylic acids is 2. The van der Waals surface area contributed by atoms with Crippen LogP contribution in [0, 0.1) is 12.8 Å². The minimum atomic E-state index is -0.401. The number of hydrogen-bond acceptors (Lipinski definition) is 5. The summed E-state index contributed by atoms with van der Waals surface area (Å²) in [6.07, 6.45) is 2.00. The van der Waals surface area contributed by atoms with Gasteiger partial charge in [-0.05, 0) is 37.8 Å². The standard InChI is InChI=1S/C20H26N4O4/c1-13-7-9-24(10-8-13)19(25)18-14(2)28-17(23-18)12-21-20(26)22-15-5-4-6-16(11-15)27-3/h4-6,11,13H,7-10,12H2,1-3H3,(H2,21,22,26). The van der Waals surface area contributed by atoms with Crippen LogP contribution >= 0.6 is 0 Å². The van der Waals surface area contributed by atoms with E-state index in [9.17, 15) is 9.59 Å². The van der Waals surface area contributed by atoms with Gasteiger partial charge >= 0.3 is 6.03 Å². The predicted octanol–water partition coefficient (Wildman–Crippen LogP) is 3.19. The largest absolute Gasteiger partial charge is 0.497 e. The van der Waals surface area contributed by atoms with Crippen LogP contribution in [0.4, 0.5) is 10.5 Å². The highest BCUT2D eigenvalue weighted by Crippen LogP contribution is 2.20. The van der Waals surface area contributed by atoms with Crippen LogP contribution in [0.1, 0.15) is 41.9 Å². The molecular weight excluding hydrogens is 360 g/mol. The minimum absolute atomic E-state index is 0.0843. The Balaban J connectivity index is 1.55. The molecule has 28 heavy (non-hydrogen) atoms. The zero-order valence-corrected chi connectivity index (χ0v) is 16.4. The molecule has 0 saturated carbocycles. The van der Waals surface area contributed by atoms with E-state index >= 15 is 0 Å². The molecule has 1 aliphatic heterocycles. The van der Waals surface area contributed by atoms with Gasteiger partial charge in [0.15, 0.2) is 5.69 Å². The summed E-state index contributed by atoms with van der Waals surface area (Å²) in [6, 6.07) is 6.64. The van der Waals surface area contributed by atoms with Crippen LogP contribution in [0.5, 0.6) is 5.75 Å². The second-order valence-electron chi connectivity index (χ2n) is 7.03. The summed E-state index contributed by atoms with van der Waals surface area (Å²) in [5.74, 6) is 1.95. The number of urea groups is 1. The van der Waals surface area contributed by atoms with E-state index < -0.39 is 6.03 Å². The van der Waals surface area contributed by atoms with E-state index in [0.29, 0.717) is 34.7 Å².